The smallest absolute Gasteiger partial charge is 0.0545 e. The lowest BCUT2D eigenvalue weighted by atomic mass is 9.67. The first-order valence-electron chi connectivity index (χ1n) is 5.16. The molecular weight excluding hydrogens is 150 g/mol. The van der Waals surface area contributed by atoms with Crippen molar-refractivity contribution in [2.75, 3.05) is 6.54 Å². The van der Waals surface area contributed by atoms with Crippen molar-refractivity contribution in [3.05, 3.63) is 0 Å². The molecule has 0 unspecified atom stereocenters. The van der Waals surface area contributed by atoms with E-state index in [0.717, 1.165) is 37.1 Å². The summed E-state index contributed by atoms with van der Waals surface area (Å²) in [4.78, 5) is 0. The highest BCUT2D eigenvalue weighted by Crippen LogP contribution is 2.42. The molecule has 2 atom stereocenters. The van der Waals surface area contributed by atoms with Gasteiger partial charge < -0.3 is 10.8 Å². The third-order valence-electron chi connectivity index (χ3n) is 3.54. The molecule has 3 N–H and O–H groups in total. The van der Waals surface area contributed by atoms with E-state index in [9.17, 15) is 5.11 Å². The maximum Gasteiger partial charge on any atom is 0.0545 e. The van der Waals surface area contributed by atoms with E-state index in [-0.39, 0.29) is 6.10 Å². The summed E-state index contributed by atoms with van der Waals surface area (Å²) in [6.07, 6.45) is 5.95. The molecule has 2 rings (SSSR count). The Balaban J connectivity index is 1.96. The minimum Gasteiger partial charge on any atom is -0.393 e. The molecule has 0 spiro atoms. The van der Waals surface area contributed by atoms with E-state index in [1.807, 2.05) is 0 Å². The van der Waals surface area contributed by atoms with Crippen molar-refractivity contribution >= 4 is 0 Å². The first kappa shape index (κ1) is 8.52. The quantitative estimate of drug-likeness (QED) is 0.618. The Hall–Kier alpha value is -0.0800. The molecule has 0 aliphatic heterocycles. The number of aliphatic hydroxyl groups is 1. The first-order chi connectivity index (χ1) is 5.78. The van der Waals surface area contributed by atoms with Gasteiger partial charge in [-0.2, -0.15) is 0 Å². The number of aliphatic hydroxyl groups excluding tert-OH is 1. The van der Waals surface area contributed by atoms with Crippen LogP contribution >= 0.6 is 0 Å². The summed E-state index contributed by atoms with van der Waals surface area (Å²) in [5.74, 6) is 2.31. The summed E-state index contributed by atoms with van der Waals surface area (Å²) in [5.41, 5.74) is 5.68. The standard InChI is InChI=1S/C10H19NO/c11-6-9-2-7-1-8(3-9)5-10(12)4-7/h7-10,12H,1-6,11H2/t7-,8-,9?,10?/m1/s1. The highest BCUT2D eigenvalue weighted by Gasteiger charge is 2.34. The van der Waals surface area contributed by atoms with Gasteiger partial charge in [0.15, 0.2) is 0 Å². The van der Waals surface area contributed by atoms with E-state index >= 15 is 0 Å². The molecule has 0 saturated heterocycles. The topological polar surface area (TPSA) is 46.2 Å². The summed E-state index contributed by atoms with van der Waals surface area (Å²) in [6, 6.07) is 0. The van der Waals surface area contributed by atoms with Gasteiger partial charge in [-0.25, -0.2) is 0 Å². The van der Waals surface area contributed by atoms with E-state index in [4.69, 9.17) is 5.73 Å². The van der Waals surface area contributed by atoms with E-state index < -0.39 is 0 Å². The molecule has 2 nitrogen and oxygen atoms in total. The van der Waals surface area contributed by atoms with Crippen LogP contribution in [0.5, 0.6) is 0 Å². The van der Waals surface area contributed by atoms with Crippen molar-refractivity contribution in [1.82, 2.24) is 0 Å². The van der Waals surface area contributed by atoms with Gasteiger partial charge in [0.1, 0.15) is 0 Å². The Kier molecular flexibility index (Phi) is 2.37. The molecule has 0 aromatic heterocycles. The molecule has 2 fully saturated rings. The van der Waals surface area contributed by atoms with Crippen LogP contribution < -0.4 is 5.73 Å². The lowest BCUT2D eigenvalue weighted by molar-refractivity contribution is 0.0285. The second kappa shape index (κ2) is 3.35. The summed E-state index contributed by atoms with van der Waals surface area (Å²) in [5, 5.41) is 9.54. The second-order valence-corrected chi connectivity index (χ2v) is 4.67. The molecule has 2 heteroatoms. The Bertz CT molecular complexity index is 142. The van der Waals surface area contributed by atoms with Gasteiger partial charge in [0.2, 0.25) is 0 Å². The van der Waals surface area contributed by atoms with Crippen LogP contribution in [0.1, 0.15) is 32.1 Å². The molecule has 2 aliphatic rings. The van der Waals surface area contributed by atoms with E-state index in [0.29, 0.717) is 0 Å². The van der Waals surface area contributed by atoms with Crippen LogP contribution in [0.25, 0.3) is 0 Å². The van der Waals surface area contributed by atoms with Gasteiger partial charge in [0.05, 0.1) is 6.10 Å². The molecule has 0 heterocycles. The Morgan fingerprint density at radius 1 is 1.00 bits per heavy atom. The molecule has 70 valence electrons. The van der Waals surface area contributed by atoms with Crippen molar-refractivity contribution < 1.29 is 5.11 Å². The zero-order valence-electron chi connectivity index (χ0n) is 7.58. The number of hydrogen-bond acceptors (Lipinski definition) is 2. The first-order valence-corrected chi connectivity index (χ1v) is 5.16. The van der Waals surface area contributed by atoms with E-state index in [1.165, 1.54) is 19.3 Å². The van der Waals surface area contributed by atoms with Crippen molar-refractivity contribution in [2.24, 2.45) is 23.5 Å². The fourth-order valence-corrected chi connectivity index (χ4v) is 3.15. The summed E-state index contributed by atoms with van der Waals surface area (Å²) in [6.45, 7) is 0.850. The highest BCUT2D eigenvalue weighted by molar-refractivity contribution is 4.86. The lowest BCUT2D eigenvalue weighted by Crippen LogP contribution is -2.35. The number of nitrogens with two attached hydrogens (primary N) is 1. The van der Waals surface area contributed by atoms with E-state index in [1.54, 1.807) is 0 Å². The molecule has 0 amide bonds. The van der Waals surface area contributed by atoms with Gasteiger partial charge in [0, 0.05) is 0 Å². The predicted octanol–water partition coefficient (Wildman–Crippen LogP) is 1.13. The molecule has 0 aromatic carbocycles. The Labute approximate surface area is 74.1 Å². The highest BCUT2D eigenvalue weighted by atomic mass is 16.3. The average molecular weight is 169 g/mol. The van der Waals surface area contributed by atoms with Crippen molar-refractivity contribution in [1.29, 1.82) is 0 Å². The van der Waals surface area contributed by atoms with Gasteiger partial charge in [-0.3, -0.25) is 0 Å². The van der Waals surface area contributed by atoms with Gasteiger partial charge in [-0.1, -0.05) is 0 Å². The molecule has 2 bridgehead atoms. The third-order valence-corrected chi connectivity index (χ3v) is 3.54. The Morgan fingerprint density at radius 2 is 1.58 bits per heavy atom. The normalized spacial score (nSPS) is 47.5. The zero-order chi connectivity index (χ0) is 8.55. The van der Waals surface area contributed by atoms with Gasteiger partial charge >= 0.3 is 0 Å². The van der Waals surface area contributed by atoms with Gasteiger partial charge in [0.25, 0.3) is 0 Å². The molecule has 2 saturated carbocycles. The van der Waals surface area contributed by atoms with Crippen LogP contribution in [0.3, 0.4) is 0 Å². The summed E-state index contributed by atoms with van der Waals surface area (Å²) < 4.78 is 0. The minimum absolute atomic E-state index is 0.00697. The largest absolute Gasteiger partial charge is 0.393 e. The molecule has 0 radical (unpaired) electrons. The van der Waals surface area contributed by atoms with E-state index in [2.05, 4.69) is 0 Å². The zero-order valence-corrected chi connectivity index (χ0v) is 7.58. The maximum atomic E-state index is 9.54. The third kappa shape index (κ3) is 1.64. The summed E-state index contributed by atoms with van der Waals surface area (Å²) in [7, 11) is 0. The van der Waals surface area contributed by atoms with Crippen LogP contribution in [0.2, 0.25) is 0 Å². The second-order valence-electron chi connectivity index (χ2n) is 4.67. The van der Waals surface area contributed by atoms with Crippen molar-refractivity contribution in [2.45, 2.75) is 38.2 Å². The summed E-state index contributed by atoms with van der Waals surface area (Å²) >= 11 is 0. The Morgan fingerprint density at radius 3 is 2.08 bits per heavy atom. The molecule has 0 aromatic rings. The van der Waals surface area contributed by atoms with Crippen LogP contribution in [-0.4, -0.2) is 17.8 Å². The van der Waals surface area contributed by atoms with Gasteiger partial charge in [-0.05, 0) is 56.4 Å². The molecular formula is C10H19NO. The fraction of sp³-hybridized carbons (Fsp3) is 1.00. The number of hydrogen-bond donors (Lipinski definition) is 2. The number of rotatable bonds is 1. The average Bonchev–Trinajstić information content (AvgIpc) is 2.02. The van der Waals surface area contributed by atoms with Crippen LogP contribution in [0, 0.1) is 17.8 Å². The number of fused-ring (bicyclic) bond motifs is 2. The lowest BCUT2D eigenvalue weighted by Gasteiger charge is -2.40. The monoisotopic (exact) mass is 169 g/mol. The van der Waals surface area contributed by atoms with Crippen LogP contribution in [0.15, 0.2) is 0 Å². The fourth-order valence-electron chi connectivity index (χ4n) is 3.15. The maximum absolute atomic E-state index is 9.54. The predicted molar refractivity (Wildman–Crippen MR) is 48.6 cm³/mol. The minimum atomic E-state index is -0.00697. The van der Waals surface area contributed by atoms with Gasteiger partial charge in [-0.15, -0.1) is 0 Å². The van der Waals surface area contributed by atoms with Crippen LogP contribution in [-0.2, 0) is 0 Å². The van der Waals surface area contributed by atoms with Crippen molar-refractivity contribution in [3.63, 3.8) is 0 Å². The SMILES string of the molecule is NCC1C[C@@H]2CC(O)C[C@@H](C1)C2. The van der Waals surface area contributed by atoms with Crippen molar-refractivity contribution in [3.8, 4) is 0 Å². The van der Waals surface area contributed by atoms with Crippen LogP contribution in [0.4, 0.5) is 0 Å². The molecule has 12 heavy (non-hydrogen) atoms. The molecule has 2 aliphatic carbocycles.